The number of hydrogen-bond acceptors (Lipinski definition) is 5. The molecule has 8 heteroatoms. The summed E-state index contributed by atoms with van der Waals surface area (Å²) in [7, 11) is -0.569. The van der Waals surface area contributed by atoms with Crippen molar-refractivity contribution in [3.05, 3.63) is 59.4 Å². The maximum atomic E-state index is 12.4. The maximum Gasteiger partial charge on any atom is 0.338 e. The molecule has 0 aliphatic heterocycles. The maximum absolute atomic E-state index is 12.4. The van der Waals surface area contributed by atoms with E-state index in [0.717, 1.165) is 17.5 Å². The summed E-state index contributed by atoms with van der Waals surface area (Å²) in [6.07, 6.45) is 0.863. The molecule has 1 heterocycles. The third kappa shape index (κ3) is 4.18. The highest BCUT2D eigenvalue weighted by Crippen LogP contribution is 2.23. The average Bonchev–Trinajstić information content (AvgIpc) is 3.03. The molecule has 0 radical (unpaired) electrons. The topological polar surface area (TPSA) is 81.5 Å². The van der Waals surface area contributed by atoms with Gasteiger partial charge in [0.1, 0.15) is 12.4 Å². The highest BCUT2D eigenvalue weighted by molar-refractivity contribution is 7.89. The minimum Gasteiger partial charge on any atom is -0.454 e. The molecule has 0 N–H and O–H groups in total. The molecule has 2 aromatic carbocycles. The second kappa shape index (κ2) is 8.34. The monoisotopic (exact) mass is 415 g/mol. The Morgan fingerprint density at radius 1 is 1.17 bits per heavy atom. The first-order valence-electron chi connectivity index (χ1n) is 9.40. The van der Waals surface area contributed by atoms with Gasteiger partial charge in [-0.1, -0.05) is 25.1 Å². The Hall–Kier alpha value is -2.71. The van der Waals surface area contributed by atoms with Gasteiger partial charge in [0.25, 0.3) is 0 Å². The summed E-state index contributed by atoms with van der Waals surface area (Å²) in [4.78, 5) is 17.2. The molecule has 0 saturated carbocycles. The van der Waals surface area contributed by atoms with Gasteiger partial charge in [-0.2, -0.15) is 0 Å². The average molecular weight is 416 g/mol. The first kappa shape index (κ1) is 21.0. The van der Waals surface area contributed by atoms with Crippen molar-refractivity contribution in [3.8, 4) is 0 Å². The van der Waals surface area contributed by atoms with Crippen LogP contribution in [0.1, 0.15) is 35.1 Å². The summed E-state index contributed by atoms with van der Waals surface area (Å²) < 4.78 is 33.5. The number of benzene rings is 2. The molecule has 3 rings (SSSR count). The molecule has 0 amide bonds. The second-order valence-corrected chi connectivity index (χ2v) is 9.16. The van der Waals surface area contributed by atoms with Crippen molar-refractivity contribution in [2.24, 2.45) is 0 Å². The summed E-state index contributed by atoms with van der Waals surface area (Å²) in [6, 6.07) is 12.1. The summed E-state index contributed by atoms with van der Waals surface area (Å²) in [5, 5.41) is 0. The summed E-state index contributed by atoms with van der Waals surface area (Å²) in [5.41, 5.74) is 2.73. The van der Waals surface area contributed by atoms with Gasteiger partial charge < -0.3 is 9.30 Å². The summed E-state index contributed by atoms with van der Waals surface area (Å²) in [5.74, 6) is 0.178. The molecule has 0 bridgehead atoms. The Bertz CT molecular complexity index is 1150. The van der Waals surface area contributed by atoms with Crippen LogP contribution in [0.3, 0.4) is 0 Å². The summed E-state index contributed by atoms with van der Waals surface area (Å²) >= 11 is 0. The number of aryl methyl sites for hydroxylation is 2. The number of rotatable bonds is 7. The lowest BCUT2D eigenvalue weighted by molar-refractivity contribution is 0.0457. The lowest BCUT2D eigenvalue weighted by Gasteiger charge is -2.11. The van der Waals surface area contributed by atoms with Crippen LogP contribution >= 0.6 is 0 Å². The minimum atomic E-state index is -3.55. The fraction of sp³-hybridized carbons (Fsp3) is 0.333. The Morgan fingerprint density at radius 3 is 2.55 bits per heavy atom. The molecule has 0 aliphatic carbocycles. The highest BCUT2D eigenvalue weighted by Gasteiger charge is 2.20. The van der Waals surface area contributed by atoms with Crippen molar-refractivity contribution < 1.29 is 17.9 Å². The Morgan fingerprint density at radius 2 is 1.90 bits per heavy atom. The van der Waals surface area contributed by atoms with E-state index in [4.69, 9.17) is 4.74 Å². The second-order valence-electron chi connectivity index (χ2n) is 7.01. The van der Waals surface area contributed by atoms with Gasteiger partial charge in [-0.15, -0.1) is 0 Å². The van der Waals surface area contributed by atoms with Gasteiger partial charge >= 0.3 is 5.97 Å². The minimum absolute atomic E-state index is 0.0115. The molecule has 0 atom stereocenters. The molecule has 29 heavy (non-hydrogen) atoms. The smallest absolute Gasteiger partial charge is 0.338 e. The predicted octanol–water partition coefficient (Wildman–Crippen LogP) is 3.36. The van der Waals surface area contributed by atoms with Crippen LogP contribution in [-0.2, 0) is 27.9 Å². The van der Waals surface area contributed by atoms with Crippen LogP contribution in [0, 0.1) is 6.92 Å². The zero-order valence-corrected chi connectivity index (χ0v) is 17.9. The number of fused-ring (bicyclic) bond motifs is 1. The van der Waals surface area contributed by atoms with Crippen molar-refractivity contribution in [3.63, 3.8) is 0 Å². The van der Waals surface area contributed by atoms with E-state index in [-0.39, 0.29) is 11.5 Å². The number of carbonyl (C=O) groups is 1. The molecular formula is C21H25N3O4S. The Balaban J connectivity index is 1.93. The van der Waals surface area contributed by atoms with E-state index < -0.39 is 16.0 Å². The van der Waals surface area contributed by atoms with Crippen molar-refractivity contribution >= 4 is 27.0 Å². The number of hydrogen-bond donors (Lipinski definition) is 0. The van der Waals surface area contributed by atoms with Crippen molar-refractivity contribution in [1.29, 1.82) is 0 Å². The molecule has 1 aromatic heterocycles. The van der Waals surface area contributed by atoms with Crippen molar-refractivity contribution in [1.82, 2.24) is 13.9 Å². The first-order valence-corrected chi connectivity index (χ1v) is 10.8. The van der Waals surface area contributed by atoms with E-state index >= 15 is 0 Å². The fourth-order valence-electron chi connectivity index (χ4n) is 3.12. The van der Waals surface area contributed by atoms with Gasteiger partial charge in [-0.25, -0.2) is 22.5 Å². The van der Waals surface area contributed by atoms with Crippen LogP contribution in [0.15, 0.2) is 47.4 Å². The Labute approximate surface area is 171 Å². The number of carbonyl (C=O) groups excluding carboxylic acids is 1. The number of imidazole rings is 1. The molecular weight excluding hydrogens is 390 g/mol. The number of aromatic nitrogens is 2. The zero-order valence-electron chi connectivity index (χ0n) is 17.0. The lowest BCUT2D eigenvalue weighted by Crippen LogP contribution is -2.22. The van der Waals surface area contributed by atoms with Gasteiger partial charge in [0.2, 0.25) is 10.0 Å². The van der Waals surface area contributed by atoms with E-state index in [9.17, 15) is 13.2 Å². The number of ether oxygens (including phenoxy) is 1. The normalized spacial score (nSPS) is 11.9. The predicted molar refractivity (Wildman–Crippen MR) is 111 cm³/mol. The van der Waals surface area contributed by atoms with Crippen LogP contribution in [0.4, 0.5) is 0 Å². The molecule has 0 spiro atoms. The van der Waals surface area contributed by atoms with E-state index in [2.05, 4.69) is 4.98 Å². The quantitative estimate of drug-likeness (QED) is 0.553. The first-order chi connectivity index (χ1) is 13.8. The highest BCUT2D eigenvalue weighted by atomic mass is 32.2. The zero-order chi connectivity index (χ0) is 21.2. The van der Waals surface area contributed by atoms with Gasteiger partial charge in [0.05, 0.1) is 21.5 Å². The largest absolute Gasteiger partial charge is 0.454 e. The van der Waals surface area contributed by atoms with Crippen LogP contribution in [-0.4, -0.2) is 42.3 Å². The standard InChI is InChI=1S/C21H25N3O4S/c1-5-12-24-19-11-10-16(29(26,27)23(3)4)13-18(19)22-20(24)14-28-21(25)17-9-7-6-8-15(17)2/h6-11,13H,5,12,14H2,1-4H3. The van der Waals surface area contributed by atoms with Crippen molar-refractivity contribution in [2.75, 3.05) is 14.1 Å². The number of sulfonamides is 1. The molecule has 0 fully saturated rings. The molecule has 0 unspecified atom stereocenters. The van der Waals surface area contributed by atoms with E-state index in [1.54, 1.807) is 30.3 Å². The summed E-state index contributed by atoms with van der Waals surface area (Å²) in [6.45, 7) is 4.60. The van der Waals surface area contributed by atoms with Gasteiger partial charge in [0.15, 0.2) is 0 Å². The molecule has 0 saturated heterocycles. The number of nitrogens with zero attached hydrogens (tertiary/aromatic N) is 3. The lowest BCUT2D eigenvalue weighted by atomic mass is 10.1. The fourth-order valence-corrected chi connectivity index (χ4v) is 4.05. The molecule has 0 aliphatic rings. The van der Waals surface area contributed by atoms with Gasteiger partial charge in [0, 0.05) is 20.6 Å². The van der Waals surface area contributed by atoms with Crippen LogP contribution in [0.5, 0.6) is 0 Å². The van der Waals surface area contributed by atoms with E-state index in [1.807, 2.05) is 30.5 Å². The molecule has 3 aromatic rings. The third-order valence-electron chi connectivity index (χ3n) is 4.72. The van der Waals surface area contributed by atoms with Crippen molar-refractivity contribution in [2.45, 2.75) is 38.3 Å². The molecule has 154 valence electrons. The van der Waals surface area contributed by atoms with Gasteiger partial charge in [-0.05, 0) is 43.2 Å². The van der Waals surface area contributed by atoms with Crippen LogP contribution in [0.2, 0.25) is 0 Å². The van der Waals surface area contributed by atoms with Crippen LogP contribution in [0.25, 0.3) is 11.0 Å². The third-order valence-corrected chi connectivity index (χ3v) is 6.53. The Kier molecular flexibility index (Phi) is 6.04. The van der Waals surface area contributed by atoms with Crippen LogP contribution < -0.4 is 0 Å². The van der Waals surface area contributed by atoms with Gasteiger partial charge in [-0.3, -0.25) is 0 Å². The number of esters is 1. The molecule has 7 nitrogen and oxygen atoms in total. The van der Waals surface area contributed by atoms with E-state index in [0.29, 0.717) is 23.4 Å². The SMILES string of the molecule is CCCn1c(COC(=O)c2ccccc2C)nc2cc(S(=O)(=O)N(C)C)ccc21. The van der Waals surface area contributed by atoms with E-state index in [1.165, 1.54) is 18.4 Å².